The van der Waals surface area contributed by atoms with E-state index in [4.69, 9.17) is 9.63 Å². The van der Waals surface area contributed by atoms with Crippen molar-refractivity contribution >= 4 is 5.97 Å². The molecule has 0 aliphatic heterocycles. The van der Waals surface area contributed by atoms with Crippen LogP contribution in [0.4, 0.5) is 0 Å². The Bertz CT molecular complexity index is 1200. The van der Waals surface area contributed by atoms with Gasteiger partial charge in [-0.1, -0.05) is 43.3 Å². The SMILES string of the molecule is CC(C)Cn1ncc(-c2nc(-c3ccc(CNCCC(=O)O)cc3)no2)c1-c1ccncc1. The lowest BCUT2D eigenvalue weighted by Gasteiger charge is -2.10. The maximum absolute atomic E-state index is 10.6. The van der Waals surface area contributed by atoms with Crippen LogP contribution in [0.3, 0.4) is 0 Å². The molecule has 9 heteroatoms. The van der Waals surface area contributed by atoms with E-state index in [1.54, 1.807) is 18.6 Å². The first kappa shape index (κ1) is 22.3. The molecule has 0 bridgehead atoms. The molecule has 170 valence electrons. The van der Waals surface area contributed by atoms with Crippen molar-refractivity contribution in [1.29, 1.82) is 0 Å². The summed E-state index contributed by atoms with van der Waals surface area (Å²) in [4.78, 5) is 19.3. The highest BCUT2D eigenvalue weighted by Gasteiger charge is 2.20. The molecule has 0 radical (unpaired) electrons. The Labute approximate surface area is 191 Å². The van der Waals surface area contributed by atoms with Crippen LogP contribution in [0.1, 0.15) is 25.8 Å². The molecule has 4 aromatic rings. The molecule has 0 spiro atoms. The average Bonchev–Trinajstić information content (AvgIpc) is 3.44. The summed E-state index contributed by atoms with van der Waals surface area (Å²) in [5, 5.41) is 20.6. The third-order valence-electron chi connectivity index (χ3n) is 5.04. The molecule has 4 rings (SSSR count). The average molecular weight is 447 g/mol. The van der Waals surface area contributed by atoms with Gasteiger partial charge in [-0.15, -0.1) is 0 Å². The van der Waals surface area contributed by atoms with Gasteiger partial charge in [-0.2, -0.15) is 10.1 Å². The van der Waals surface area contributed by atoms with E-state index < -0.39 is 5.97 Å². The minimum absolute atomic E-state index is 0.0962. The van der Waals surface area contributed by atoms with Crippen LogP contribution in [-0.4, -0.2) is 42.5 Å². The van der Waals surface area contributed by atoms with E-state index in [1.807, 2.05) is 41.1 Å². The first-order chi connectivity index (χ1) is 16.0. The smallest absolute Gasteiger partial charge is 0.304 e. The van der Waals surface area contributed by atoms with Gasteiger partial charge in [0, 0.05) is 43.2 Å². The number of carboxylic acids is 1. The summed E-state index contributed by atoms with van der Waals surface area (Å²) in [7, 11) is 0. The predicted octanol–water partition coefficient (Wildman–Crippen LogP) is 3.88. The van der Waals surface area contributed by atoms with Gasteiger partial charge in [0.05, 0.1) is 23.9 Å². The van der Waals surface area contributed by atoms with Crippen molar-refractivity contribution in [2.75, 3.05) is 6.54 Å². The van der Waals surface area contributed by atoms with E-state index in [-0.39, 0.29) is 6.42 Å². The number of aromatic nitrogens is 5. The minimum Gasteiger partial charge on any atom is -0.481 e. The Balaban J connectivity index is 1.55. The van der Waals surface area contributed by atoms with E-state index in [1.165, 1.54) is 0 Å². The number of hydrogen-bond acceptors (Lipinski definition) is 7. The molecule has 0 fully saturated rings. The Kier molecular flexibility index (Phi) is 6.89. The highest BCUT2D eigenvalue weighted by molar-refractivity contribution is 5.77. The quantitative estimate of drug-likeness (QED) is 0.352. The van der Waals surface area contributed by atoms with Crippen LogP contribution in [0.5, 0.6) is 0 Å². The molecule has 0 aliphatic rings. The predicted molar refractivity (Wildman–Crippen MR) is 123 cm³/mol. The Morgan fingerprint density at radius 2 is 1.88 bits per heavy atom. The number of carbonyl (C=O) groups is 1. The van der Waals surface area contributed by atoms with E-state index >= 15 is 0 Å². The number of nitrogens with zero attached hydrogens (tertiary/aromatic N) is 5. The number of benzene rings is 1. The van der Waals surface area contributed by atoms with Crippen LogP contribution in [-0.2, 0) is 17.9 Å². The van der Waals surface area contributed by atoms with Gasteiger partial charge in [0.2, 0.25) is 5.82 Å². The molecule has 0 unspecified atom stereocenters. The van der Waals surface area contributed by atoms with Gasteiger partial charge in [-0.25, -0.2) is 0 Å². The summed E-state index contributed by atoms with van der Waals surface area (Å²) < 4.78 is 7.58. The molecule has 0 saturated carbocycles. The zero-order valence-corrected chi connectivity index (χ0v) is 18.6. The summed E-state index contributed by atoms with van der Waals surface area (Å²) in [6.07, 6.45) is 5.37. The monoisotopic (exact) mass is 446 g/mol. The fourth-order valence-corrected chi connectivity index (χ4v) is 3.49. The fourth-order valence-electron chi connectivity index (χ4n) is 3.49. The van der Waals surface area contributed by atoms with E-state index in [9.17, 15) is 4.79 Å². The van der Waals surface area contributed by atoms with Crippen molar-refractivity contribution in [3.8, 4) is 34.1 Å². The van der Waals surface area contributed by atoms with Crippen LogP contribution in [0.15, 0.2) is 59.5 Å². The maximum atomic E-state index is 10.6. The largest absolute Gasteiger partial charge is 0.481 e. The minimum atomic E-state index is -0.812. The summed E-state index contributed by atoms with van der Waals surface area (Å²) >= 11 is 0. The van der Waals surface area contributed by atoms with Crippen molar-refractivity contribution in [3.05, 3.63) is 60.6 Å². The lowest BCUT2D eigenvalue weighted by molar-refractivity contribution is -0.136. The first-order valence-corrected chi connectivity index (χ1v) is 10.8. The maximum Gasteiger partial charge on any atom is 0.304 e. The molecule has 1 aromatic carbocycles. The molecule has 0 atom stereocenters. The summed E-state index contributed by atoms with van der Waals surface area (Å²) in [5.41, 5.74) is 4.56. The molecule has 3 aromatic heterocycles. The number of pyridine rings is 1. The van der Waals surface area contributed by atoms with Crippen LogP contribution in [0.25, 0.3) is 34.1 Å². The van der Waals surface area contributed by atoms with Crippen LogP contribution >= 0.6 is 0 Å². The van der Waals surface area contributed by atoms with Crippen molar-refractivity contribution in [2.45, 2.75) is 33.4 Å². The molecule has 3 heterocycles. The third kappa shape index (κ3) is 5.50. The second kappa shape index (κ2) is 10.2. The van der Waals surface area contributed by atoms with Gasteiger partial charge < -0.3 is 14.9 Å². The Morgan fingerprint density at radius 3 is 2.58 bits per heavy atom. The topological polar surface area (TPSA) is 119 Å². The number of rotatable bonds is 10. The Morgan fingerprint density at radius 1 is 1.12 bits per heavy atom. The van der Waals surface area contributed by atoms with Crippen molar-refractivity contribution < 1.29 is 14.4 Å². The van der Waals surface area contributed by atoms with Gasteiger partial charge in [0.15, 0.2) is 0 Å². The fraction of sp³-hybridized carbons (Fsp3) is 0.292. The molecular formula is C24H26N6O3. The van der Waals surface area contributed by atoms with Gasteiger partial charge >= 0.3 is 5.97 Å². The highest BCUT2D eigenvalue weighted by atomic mass is 16.5. The van der Waals surface area contributed by atoms with Crippen molar-refractivity contribution in [3.63, 3.8) is 0 Å². The number of aliphatic carboxylic acids is 1. The van der Waals surface area contributed by atoms with Crippen LogP contribution in [0.2, 0.25) is 0 Å². The van der Waals surface area contributed by atoms with Gasteiger partial charge in [-0.05, 0) is 23.6 Å². The lowest BCUT2D eigenvalue weighted by atomic mass is 10.1. The standard InChI is InChI=1S/C24H26N6O3/c1-16(2)15-30-22(18-7-10-25-11-8-18)20(14-27-30)24-28-23(29-33-24)19-5-3-17(4-6-19)13-26-12-9-21(31)32/h3-8,10-11,14,16,26H,9,12-13,15H2,1-2H3,(H,31,32). The highest BCUT2D eigenvalue weighted by Crippen LogP contribution is 2.32. The second-order valence-electron chi connectivity index (χ2n) is 8.16. The summed E-state index contributed by atoms with van der Waals surface area (Å²) in [6.45, 7) is 6.08. The van der Waals surface area contributed by atoms with E-state index in [2.05, 4.69) is 39.4 Å². The zero-order valence-electron chi connectivity index (χ0n) is 18.6. The van der Waals surface area contributed by atoms with Gasteiger partial charge in [0.25, 0.3) is 5.89 Å². The van der Waals surface area contributed by atoms with Gasteiger partial charge in [-0.3, -0.25) is 14.5 Å². The number of hydrogen-bond donors (Lipinski definition) is 2. The molecule has 0 amide bonds. The van der Waals surface area contributed by atoms with Crippen molar-refractivity contribution in [1.82, 2.24) is 30.2 Å². The van der Waals surface area contributed by atoms with Crippen LogP contribution in [0, 0.1) is 5.92 Å². The Hall–Kier alpha value is -3.85. The molecule has 2 N–H and O–H groups in total. The number of nitrogens with one attached hydrogen (secondary N) is 1. The normalized spacial score (nSPS) is 11.2. The molecule has 0 saturated heterocycles. The molecular weight excluding hydrogens is 420 g/mol. The summed E-state index contributed by atoms with van der Waals surface area (Å²) in [6, 6.07) is 11.7. The third-order valence-corrected chi connectivity index (χ3v) is 5.04. The zero-order chi connectivity index (χ0) is 23.2. The van der Waals surface area contributed by atoms with Gasteiger partial charge in [0.1, 0.15) is 0 Å². The second-order valence-corrected chi connectivity index (χ2v) is 8.16. The summed E-state index contributed by atoms with van der Waals surface area (Å²) in [5.74, 6) is 0.514. The van der Waals surface area contributed by atoms with Crippen LogP contribution < -0.4 is 5.32 Å². The number of carboxylic acid groups (broad SMARTS) is 1. The lowest BCUT2D eigenvalue weighted by Crippen LogP contribution is -2.17. The van der Waals surface area contributed by atoms with Crippen molar-refractivity contribution in [2.24, 2.45) is 5.92 Å². The molecule has 9 nitrogen and oxygen atoms in total. The molecule has 33 heavy (non-hydrogen) atoms. The molecule has 0 aliphatic carbocycles. The van der Waals surface area contributed by atoms with E-state index in [0.29, 0.717) is 30.7 Å². The van der Waals surface area contributed by atoms with E-state index in [0.717, 1.165) is 34.5 Å². The first-order valence-electron chi connectivity index (χ1n) is 10.8.